The summed E-state index contributed by atoms with van der Waals surface area (Å²) in [7, 11) is 1.62. The van der Waals surface area contributed by atoms with Crippen LogP contribution in [0.25, 0.3) is 21.9 Å². The molecule has 22 heavy (non-hydrogen) atoms. The molecule has 3 aromatic rings. The third-order valence-corrected chi connectivity index (χ3v) is 3.67. The molecule has 0 saturated carbocycles. The van der Waals surface area contributed by atoms with E-state index in [4.69, 9.17) is 9.47 Å². The fourth-order valence-electron chi connectivity index (χ4n) is 2.54. The number of fused-ring (bicyclic) bond motifs is 3. The zero-order valence-corrected chi connectivity index (χ0v) is 12.8. The number of benzene rings is 1. The minimum Gasteiger partial charge on any atom is -0.497 e. The van der Waals surface area contributed by atoms with Gasteiger partial charge in [0.1, 0.15) is 16.8 Å². The molecule has 1 N–H and O–H groups in total. The number of hydrogen-bond acceptors (Lipinski definition) is 4. The summed E-state index contributed by atoms with van der Waals surface area (Å²) in [4.78, 5) is 20.1. The third-order valence-electron chi connectivity index (χ3n) is 3.67. The van der Waals surface area contributed by atoms with Crippen molar-refractivity contribution in [1.82, 2.24) is 14.5 Å². The van der Waals surface area contributed by atoms with Crippen LogP contribution in [0.5, 0.6) is 5.75 Å². The second-order valence-electron chi connectivity index (χ2n) is 5.05. The number of ether oxygens (including phenoxy) is 2. The number of H-pyrrole nitrogens is 1. The molecular weight excluding hydrogens is 282 g/mol. The fourth-order valence-corrected chi connectivity index (χ4v) is 2.54. The van der Waals surface area contributed by atoms with Gasteiger partial charge < -0.3 is 14.5 Å². The summed E-state index contributed by atoms with van der Waals surface area (Å²) in [5, 5.41) is 0.896. The number of nitrogens with one attached hydrogen (secondary N) is 1. The van der Waals surface area contributed by atoms with Crippen molar-refractivity contribution in [3.63, 3.8) is 0 Å². The summed E-state index contributed by atoms with van der Waals surface area (Å²) in [6, 6.07) is 5.65. The van der Waals surface area contributed by atoms with Gasteiger partial charge in [0.2, 0.25) is 0 Å². The van der Waals surface area contributed by atoms with Gasteiger partial charge in [-0.25, -0.2) is 4.98 Å². The average molecular weight is 301 g/mol. The Morgan fingerprint density at radius 2 is 2.23 bits per heavy atom. The van der Waals surface area contributed by atoms with Gasteiger partial charge in [-0.15, -0.1) is 0 Å². The monoisotopic (exact) mass is 301 g/mol. The van der Waals surface area contributed by atoms with E-state index in [0.29, 0.717) is 30.8 Å². The highest BCUT2D eigenvalue weighted by atomic mass is 16.5. The molecule has 3 rings (SSSR count). The number of hydrogen-bond donors (Lipinski definition) is 1. The van der Waals surface area contributed by atoms with Gasteiger partial charge in [0.05, 0.1) is 13.4 Å². The first kappa shape index (κ1) is 14.6. The summed E-state index contributed by atoms with van der Waals surface area (Å²) in [6.45, 7) is 3.89. The van der Waals surface area contributed by atoms with E-state index in [9.17, 15) is 4.79 Å². The first-order chi connectivity index (χ1) is 10.7. The van der Waals surface area contributed by atoms with Gasteiger partial charge in [-0.05, 0) is 31.5 Å². The zero-order valence-electron chi connectivity index (χ0n) is 12.8. The number of methoxy groups -OCH3 is 1. The number of rotatable bonds is 6. The van der Waals surface area contributed by atoms with E-state index in [2.05, 4.69) is 9.97 Å². The van der Waals surface area contributed by atoms with Gasteiger partial charge >= 0.3 is 0 Å². The molecule has 0 radical (unpaired) electrons. The van der Waals surface area contributed by atoms with Gasteiger partial charge in [-0.1, -0.05) is 0 Å². The molecular formula is C16H19N3O3. The topological polar surface area (TPSA) is 69.1 Å². The molecule has 2 heterocycles. The Morgan fingerprint density at radius 1 is 1.36 bits per heavy atom. The molecule has 0 aliphatic carbocycles. The highest BCUT2D eigenvalue weighted by Gasteiger charge is 2.11. The van der Waals surface area contributed by atoms with E-state index in [1.165, 1.54) is 0 Å². The van der Waals surface area contributed by atoms with E-state index in [0.717, 1.165) is 23.1 Å². The molecule has 6 heteroatoms. The molecule has 2 aromatic heterocycles. The predicted octanol–water partition coefficient (Wildman–Crippen LogP) is 2.31. The summed E-state index contributed by atoms with van der Waals surface area (Å²) in [6.07, 6.45) is 2.39. The van der Waals surface area contributed by atoms with Crippen molar-refractivity contribution in [2.75, 3.05) is 20.3 Å². The molecule has 0 aliphatic heterocycles. The molecule has 0 amide bonds. The molecule has 0 bridgehead atoms. The maximum absolute atomic E-state index is 12.5. The van der Waals surface area contributed by atoms with Crippen molar-refractivity contribution in [2.45, 2.75) is 19.9 Å². The van der Waals surface area contributed by atoms with E-state index >= 15 is 0 Å². The summed E-state index contributed by atoms with van der Waals surface area (Å²) in [5.74, 6) is 0.746. The SMILES string of the molecule is CCOCCCn1cnc2c([nH]c3ccc(OC)cc32)c1=O. The van der Waals surface area contributed by atoms with Gasteiger partial charge in [0.15, 0.2) is 0 Å². The number of aromatic nitrogens is 3. The lowest BCUT2D eigenvalue weighted by molar-refractivity contribution is 0.141. The minimum atomic E-state index is -0.0586. The first-order valence-electron chi connectivity index (χ1n) is 7.37. The molecule has 0 unspecified atom stereocenters. The number of nitrogens with zero attached hydrogens (tertiary/aromatic N) is 2. The van der Waals surface area contributed by atoms with Crippen LogP contribution in [0.15, 0.2) is 29.3 Å². The standard InChI is InChI=1S/C16H19N3O3/c1-3-22-8-4-7-19-10-17-14-12-9-11(21-2)5-6-13(12)18-15(14)16(19)20/h5-6,9-10,18H,3-4,7-8H2,1-2H3. The largest absolute Gasteiger partial charge is 0.497 e. The van der Waals surface area contributed by atoms with E-state index in [1.807, 2.05) is 25.1 Å². The lowest BCUT2D eigenvalue weighted by atomic mass is 10.2. The second-order valence-corrected chi connectivity index (χ2v) is 5.05. The number of aromatic amines is 1. The van der Waals surface area contributed by atoms with Gasteiger partial charge in [0, 0.05) is 30.7 Å². The average Bonchev–Trinajstić information content (AvgIpc) is 2.92. The minimum absolute atomic E-state index is 0.0586. The first-order valence-corrected chi connectivity index (χ1v) is 7.37. The van der Waals surface area contributed by atoms with Crippen molar-refractivity contribution in [3.05, 3.63) is 34.9 Å². The van der Waals surface area contributed by atoms with Crippen LogP contribution in [0.4, 0.5) is 0 Å². The third kappa shape index (κ3) is 2.57. The zero-order chi connectivity index (χ0) is 15.5. The lowest BCUT2D eigenvalue weighted by Crippen LogP contribution is -2.21. The highest BCUT2D eigenvalue weighted by Crippen LogP contribution is 2.25. The van der Waals surface area contributed by atoms with Crippen LogP contribution in [0.2, 0.25) is 0 Å². The maximum atomic E-state index is 12.5. The predicted molar refractivity (Wildman–Crippen MR) is 85.5 cm³/mol. The van der Waals surface area contributed by atoms with E-state index in [1.54, 1.807) is 18.0 Å². The lowest BCUT2D eigenvalue weighted by Gasteiger charge is -2.05. The van der Waals surface area contributed by atoms with Crippen LogP contribution in [-0.2, 0) is 11.3 Å². The molecule has 0 fully saturated rings. The Hall–Kier alpha value is -2.34. The smallest absolute Gasteiger partial charge is 0.277 e. The molecule has 0 saturated heterocycles. The summed E-state index contributed by atoms with van der Waals surface area (Å²) < 4.78 is 12.1. The Kier molecular flexibility index (Phi) is 4.11. The fraction of sp³-hybridized carbons (Fsp3) is 0.375. The Bertz CT molecular complexity index is 851. The van der Waals surface area contributed by atoms with Crippen LogP contribution in [0.1, 0.15) is 13.3 Å². The molecule has 1 aromatic carbocycles. The van der Waals surface area contributed by atoms with Gasteiger partial charge in [-0.2, -0.15) is 0 Å². The Balaban J connectivity index is 2.00. The molecule has 0 atom stereocenters. The summed E-state index contributed by atoms with van der Waals surface area (Å²) in [5.41, 5.74) is 2.03. The molecule has 0 aliphatic rings. The molecule has 6 nitrogen and oxygen atoms in total. The van der Waals surface area contributed by atoms with Crippen LogP contribution < -0.4 is 10.3 Å². The number of aryl methyl sites for hydroxylation is 1. The Morgan fingerprint density at radius 3 is 3.00 bits per heavy atom. The van der Waals surface area contributed by atoms with Crippen molar-refractivity contribution in [2.24, 2.45) is 0 Å². The normalized spacial score (nSPS) is 11.4. The van der Waals surface area contributed by atoms with Crippen molar-refractivity contribution < 1.29 is 9.47 Å². The highest BCUT2D eigenvalue weighted by molar-refractivity contribution is 6.04. The quantitative estimate of drug-likeness (QED) is 0.709. The Labute approximate surface area is 127 Å². The van der Waals surface area contributed by atoms with E-state index in [-0.39, 0.29) is 5.56 Å². The molecule has 0 spiro atoms. The van der Waals surface area contributed by atoms with Gasteiger partial charge in [0.25, 0.3) is 5.56 Å². The van der Waals surface area contributed by atoms with Crippen molar-refractivity contribution in [3.8, 4) is 5.75 Å². The van der Waals surface area contributed by atoms with Gasteiger partial charge in [-0.3, -0.25) is 9.36 Å². The maximum Gasteiger partial charge on any atom is 0.277 e. The summed E-state index contributed by atoms with van der Waals surface area (Å²) >= 11 is 0. The van der Waals surface area contributed by atoms with Crippen LogP contribution in [0, 0.1) is 0 Å². The van der Waals surface area contributed by atoms with Crippen molar-refractivity contribution >= 4 is 21.9 Å². The van der Waals surface area contributed by atoms with Crippen LogP contribution >= 0.6 is 0 Å². The second kappa shape index (κ2) is 6.19. The van der Waals surface area contributed by atoms with Crippen LogP contribution in [0.3, 0.4) is 0 Å². The van der Waals surface area contributed by atoms with Crippen LogP contribution in [-0.4, -0.2) is 34.9 Å². The van der Waals surface area contributed by atoms with Crippen molar-refractivity contribution in [1.29, 1.82) is 0 Å². The molecule has 116 valence electrons. The van der Waals surface area contributed by atoms with E-state index < -0.39 is 0 Å².